The van der Waals surface area contributed by atoms with Crippen LogP contribution in [0.5, 0.6) is 11.5 Å². The van der Waals surface area contributed by atoms with E-state index >= 15 is 0 Å². The third kappa shape index (κ3) is 4.24. The van der Waals surface area contributed by atoms with E-state index in [0.29, 0.717) is 5.75 Å². The molecule has 0 radical (unpaired) electrons. The summed E-state index contributed by atoms with van der Waals surface area (Å²) in [5.41, 5.74) is 1.76. The Morgan fingerprint density at radius 1 is 1.14 bits per heavy atom. The first-order valence-electron chi connectivity index (χ1n) is 6.87. The molecule has 1 atom stereocenters. The molecular weight excluding hydrogens is 346 g/mol. The lowest BCUT2D eigenvalue weighted by Gasteiger charge is -2.16. The zero-order valence-corrected chi connectivity index (χ0v) is 14.3. The number of amides is 1. The first kappa shape index (κ1) is 16.4. The highest BCUT2D eigenvalue weighted by Gasteiger charge is 2.15. The van der Waals surface area contributed by atoms with E-state index in [1.165, 1.54) is 0 Å². The number of hydrogen-bond donors (Lipinski definition) is 1. The van der Waals surface area contributed by atoms with Crippen molar-refractivity contribution in [2.75, 3.05) is 12.4 Å². The van der Waals surface area contributed by atoms with Crippen molar-refractivity contribution < 1.29 is 14.3 Å². The summed E-state index contributed by atoms with van der Waals surface area (Å²) in [5.74, 6) is 1.17. The van der Waals surface area contributed by atoms with Gasteiger partial charge in [-0.2, -0.15) is 0 Å². The lowest BCUT2D eigenvalue weighted by molar-refractivity contribution is -0.122. The van der Waals surface area contributed by atoms with Gasteiger partial charge in [-0.05, 0) is 61.9 Å². The van der Waals surface area contributed by atoms with Crippen LogP contribution in [0.15, 0.2) is 46.9 Å². The number of hydrogen-bond acceptors (Lipinski definition) is 3. The van der Waals surface area contributed by atoms with Crippen molar-refractivity contribution in [2.24, 2.45) is 0 Å². The number of anilines is 1. The second-order valence-electron chi connectivity index (χ2n) is 4.88. The maximum Gasteiger partial charge on any atom is 0.265 e. The first-order valence-corrected chi connectivity index (χ1v) is 7.66. The van der Waals surface area contributed by atoms with Crippen molar-refractivity contribution in [2.45, 2.75) is 20.0 Å². The molecule has 0 unspecified atom stereocenters. The van der Waals surface area contributed by atoms with Crippen LogP contribution in [0.1, 0.15) is 12.5 Å². The van der Waals surface area contributed by atoms with Gasteiger partial charge in [0.1, 0.15) is 11.5 Å². The molecule has 4 nitrogen and oxygen atoms in total. The van der Waals surface area contributed by atoms with Crippen LogP contribution in [0.4, 0.5) is 5.69 Å². The van der Waals surface area contributed by atoms with Crippen LogP contribution in [0.25, 0.3) is 0 Å². The lowest BCUT2D eigenvalue weighted by Crippen LogP contribution is -2.30. The van der Waals surface area contributed by atoms with E-state index < -0.39 is 6.10 Å². The molecule has 0 saturated heterocycles. The molecule has 0 aromatic heterocycles. The van der Waals surface area contributed by atoms with Crippen LogP contribution >= 0.6 is 15.9 Å². The maximum absolute atomic E-state index is 12.2. The molecule has 0 aliphatic carbocycles. The van der Waals surface area contributed by atoms with Crippen LogP contribution in [-0.4, -0.2) is 19.1 Å². The molecule has 0 aliphatic heterocycles. The predicted octanol–water partition coefficient (Wildman–Crippen LogP) is 4.17. The highest BCUT2D eigenvalue weighted by atomic mass is 79.9. The van der Waals surface area contributed by atoms with E-state index in [-0.39, 0.29) is 5.91 Å². The van der Waals surface area contributed by atoms with Gasteiger partial charge in [-0.1, -0.05) is 15.9 Å². The van der Waals surface area contributed by atoms with E-state index in [4.69, 9.17) is 9.47 Å². The minimum absolute atomic E-state index is 0.193. The summed E-state index contributed by atoms with van der Waals surface area (Å²) in [5, 5.41) is 2.87. The highest BCUT2D eigenvalue weighted by Crippen LogP contribution is 2.21. The third-order valence-corrected chi connectivity index (χ3v) is 3.68. The van der Waals surface area contributed by atoms with Crippen molar-refractivity contribution in [1.82, 2.24) is 0 Å². The number of benzene rings is 2. The molecule has 0 spiro atoms. The Kier molecular flexibility index (Phi) is 5.44. The lowest BCUT2D eigenvalue weighted by atomic mass is 10.2. The molecule has 0 saturated carbocycles. The van der Waals surface area contributed by atoms with E-state index in [1.807, 2.05) is 25.1 Å². The number of halogens is 1. The van der Waals surface area contributed by atoms with Gasteiger partial charge in [0.25, 0.3) is 5.91 Å². The van der Waals surface area contributed by atoms with Gasteiger partial charge in [0, 0.05) is 10.2 Å². The molecule has 5 heteroatoms. The van der Waals surface area contributed by atoms with Gasteiger partial charge in [0.2, 0.25) is 0 Å². The van der Waals surface area contributed by atoms with Gasteiger partial charge in [-0.15, -0.1) is 0 Å². The van der Waals surface area contributed by atoms with Gasteiger partial charge in [0.15, 0.2) is 6.10 Å². The average Bonchev–Trinajstić information content (AvgIpc) is 2.50. The molecule has 1 amide bonds. The summed E-state index contributed by atoms with van der Waals surface area (Å²) in [6.45, 7) is 3.66. The molecule has 0 bridgehead atoms. The Bertz CT molecular complexity index is 655. The van der Waals surface area contributed by atoms with Crippen molar-refractivity contribution in [1.29, 1.82) is 0 Å². The highest BCUT2D eigenvalue weighted by molar-refractivity contribution is 9.10. The van der Waals surface area contributed by atoms with Crippen molar-refractivity contribution in [3.63, 3.8) is 0 Å². The topological polar surface area (TPSA) is 47.6 Å². The number of rotatable bonds is 5. The minimum Gasteiger partial charge on any atom is -0.497 e. The molecule has 0 heterocycles. The van der Waals surface area contributed by atoms with Gasteiger partial charge in [-0.25, -0.2) is 0 Å². The fourth-order valence-corrected chi connectivity index (χ4v) is 2.39. The minimum atomic E-state index is -0.601. The molecule has 0 aliphatic rings. The molecule has 22 heavy (non-hydrogen) atoms. The average molecular weight is 364 g/mol. The van der Waals surface area contributed by atoms with Gasteiger partial charge >= 0.3 is 0 Å². The van der Waals surface area contributed by atoms with Crippen molar-refractivity contribution in [3.8, 4) is 11.5 Å². The summed E-state index contributed by atoms with van der Waals surface area (Å²) in [6.07, 6.45) is -0.601. The molecule has 2 rings (SSSR count). The number of nitrogens with one attached hydrogen (secondary N) is 1. The largest absolute Gasteiger partial charge is 0.497 e. The smallest absolute Gasteiger partial charge is 0.265 e. The number of carbonyl (C=O) groups is 1. The second kappa shape index (κ2) is 7.31. The Labute approximate surface area is 138 Å². The van der Waals surface area contributed by atoms with Crippen LogP contribution in [0.3, 0.4) is 0 Å². The number of ether oxygens (including phenoxy) is 2. The van der Waals surface area contributed by atoms with Crippen LogP contribution < -0.4 is 14.8 Å². The summed E-state index contributed by atoms with van der Waals surface area (Å²) in [7, 11) is 1.60. The number of methoxy groups -OCH3 is 1. The Morgan fingerprint density at radius 3 is 2.36 bits per heavy atom. The standard InChI is InChI=1S/C17H18BrNO3/c1-11-10-13(18)4-9-16(11)19-17(20)12(2)22-15-7-5-14(21-3)6-8-15/h4-10,12H,1-3H3,(H,19,20)/t12-/m1/s1. The molecule has 0 fully saturated rings. The van der Waals surface area contributed by atoms with Crippen LogP contribution in [-0.2, 0) is 4.79 Å². The molecular formula is C17H18BrNO3. The Balaban J connectivity index is 1.99. The molecule has 1 N–H and O–H groups in total. The number of aryl methyl sites for hydroxylation is 1. The summed E-state index contributed by atoms with van der Waals surface area (Å²) >= 11 is 3.40. The van der Waals surface area contributed by atoms with E-state index in [1.54, 1.807) is 38.3 Å². The Hall–Kier alpha value is -2.01. The SMILES string of the molecule is COc1ccc(O[C@H](C)C(=O)Nc2ccc(Br)cc2C)cc1. The van der Waals surface area contributed by atoms with Gasteiger partial charge in [-0.3, -0.25) is 4.79 Å². The fourth-order valence-electron chi connectivity index (χ4n) is 1.91. The summed E-state index contributed by atoms with van der Waals surface area (Å²) in [6, 6.07) is 12.8. The fraction of sp³-hybridized carbons (Fsp3) is 0.235. The summed E-state index contributed by atoms with van der Waals surface area (Å²) in [4.78, 5) is 12.2. The van der Waals surface area contributed by atoms with Crippen LogP contribution in [0, 0.1) is 6.92 Å². The van der Waals surface area contributed by atoms with Crippen molar-refractivity contribution >= 4 is 27.5 Å². The van der Waals surface area contributed by atoms with Gasteiger partial charge < -0.3 is 14.8 Å². The van der Waals surface area contributed by atoms with E-state index in [0.717, 1.165) is 21.5 Å². The third-order valence-electron chi connectivity index (χ3n) is 3.19. The van der Waals surface area contributed by atoms with E-state index in [9.17, 15) is 4.79 Å². The normalized spacial score (nSPS) is 11.6. The van der Waals surface area contributed by atoms with Crippen LogP contribution in [0.2, 0.25) is 0 Å². The zero-order valence-electron chi connectivity index (χ0n) is 12.7. The molecule has 2 aromatic carbocycles. The number of carbonyl (C=O) groups excluding carboxylic acids is 1. The van der Waals surface area contributed by atoms with E-state index in [2.05, 4.69) is 21.2 Å². The second-order valence-corrected chi connectivity index (χ2v) is 5.80. The maximum atomic E-state index is 12.2. The monoisotopic (exact) mass is 363 g/mol. The molecule has 116 valence electrons. The van der Waals surface area contributed by atoms with Gasteiger partial charge in [0.05, 0.1) is 7.11 Å². The first-order chi connectivity index (χ1) is 10.5. The molecule has 2 aromatic rings. The summed E-state index contributed by atoms with van der Waals surface area (Å²) < 4.78 is 11.7. The zero-order chi connectivity index (χ0) is 16.1. The Morgan fingerprint density at radius 2 is 1.77 bits per heavy atom. The quantitative estimate of drug-likeness (QED) is 0.866. The predicted molar refractivity (Wildman–Crippen MR) is 90.6 cm³/mol. The van der Waals surface area contributed by atoms with Crippen molar-refractivity contribution in [3.05, 3.63) is 52.5 Å².